The van der Waals surface area contributed by atoms with Crippen LogP contribution < -0.4 is 5.32 Å². The highest BCUT2D eigenvalue weighted by Crippen LogP contribution is 2.26. The number of nitrogens with one attached hydrogen (secondary N) is 1. The van der Waals surface area contributed by atoms with Crippen LogP contribution in [0, 0.1) is 0 Å². The minimum Gasteiger partial charge on any atom is -0.506 e. The number of aromatic hydroxyl groups is 1. The van der Waals surface area contributed by atoms with E-state index in [1.165, 1.54) is 24.8 Å². The number of hydrogen-bond donors (Lipinski definition) is 2. The van der Waals surface area contributed by atoms with Crippen molar-refractivity contribution in [2.45, 2.75) is 32.6 Å². The second kappa shape index (κ2) is 6.83. The van der Waals surface area contributed by atoms with E-state index < -0.39 is 0 Å². The standard InChI is InChI=1S/C17H21NO/c1-2-3-4-7-14-10-12-15(13-11-14)18-16-8-5-6-9-17(16)19/h5-6,8-13,18-19H,2-4,7H2,1H3. The first-order chi connectivity index (χ1) is 9.29. The Morgan fingerprint density at radius 2 is 1.68 bits per heavy atom. The highest BCUT2D eigenvalue weighted by molar-refractivity contribution is 5.65. The quantitative estimate of drug-likeness (QED) is 0.570. The van der Waals surface area contributed by atoms with Crippen LogP contribution in [0.4, 0.5) is 11.4 Å². The zero-order valence-electron chi connectivity index (χ0n) is 11.4. The molecule has 0 spiro atoms. The molecule has 2 rings (SSSR count). The number of rotatable bonds is 6. The minimum atomic E-state index is 0.273. The lowest BCUT2D eigenvalue weighted by molar-refractivity contribution is 0.478. The van der Waals surface area contributed by atoms with Gasteiger partial charge in [0, 0.05) is 5.69 Å². The molecule has 2 heteroatoms. The van der Waals surface area contributed by atoms with Crippen molar-refractivity contribution in [2.24, 2.45) is 0 Å². The highest BCUT2D eigenvalue weighted by Gasteiger charge is 2.00. The summed E-state index contributed by atoms with van der Waals surface area (Å²) >= 11 is 0. The summed E-state index contributed by atoms with van der Waals surface area (Å²) in [5, 5.41) is 12.9. The number of phenolic OH excluding ortho intramolecular Hbond substituents is 1. The Kier molecular flexibility index (Phi) is 4.85. The van der Waals surface area contributed by atoms with Crippen LogP contribution in [-0.2, 0) is 6.42 Å². The van der Waals surface area contributed by atoms with Crippen LogP contribution in [-0.4, -0.2) is 5.11 Å². The Morgan fingerprint density at radius 3 is 2.37 bits per heavy atom. The molecule has 19 heavy (non-hydrogen) atoms. The summed E-state index contributed by atoms with van der Waals surface area (Å²) in [7, 11) is 0. The van der Waals surface area contributed by atoms with E-state index in [0.29, 0.717) is 0 Å². The van der Waals surface area contributed by atoms with E-state index in [0.717, 1.165) is 17.8 Å². The topological polar surface area (TPSA) is 32.3 Å². The van der Waals surface area contributed by atoms with E-state index in [1.54, 1.807) is 6.07 Å². The third kappa shape index (κ3) is 4.02. The smallest absolute Gasteiger partial charge is 0.139 e. The lowest BCUT2D eigenvalue weighted by atomic mass is 10.1. The van der Waals surface area contributed by atoms with Crippen molar-refractivity contribution < 1.29 is 5.11 Å². The summed E-state index contributed by atoms with van der Waals surface area (Å²) in [6, 6.07) is 15.7. The van der Waals surface area contributed by atoms with E-state index in [1.807, 2.05) is 18.2 Å². The molecule has 2 N–H and O–H groups in total. The maximum absolute atomic E-state index is 9.71. The molecule has 0 radical (unpaired) electrons. The molecule has 0 aliphatic carbocycles. The normalized spacial score (nSPS) is 10.4. The predicted molar refractivity (Wildman–Crippen MR) is 81.1 cm³/mol. The molecule has 0 aliphatic rings. The number of para-hydroxylation sites is 2. The van der Waals surface area contributed by atoms with E-state index in [9.17, 15) is 5.11 Å². The average Bonchev–Trinajstić information content (AvgIpc) is 2.44. The van der Waals surface area contributed by atoms with Crippen molar-refractivity contribution in [1.29, 1.82) is 0 Å². The lowest BCUT2D eigenvalue weighted by Gasteiger charge is -2.09. The monoisotopic (exact) mass is 255 g/mol. The van der Waals surface area contributed by atoms with Crippen LogP contribution >= 0.6 is 0 Å². The van der Waals surface area contributed by atoms with Crippen molar-refractivity contribution in [3.8, 4) is 5.75 Å². The molecule has 0 fully saturated rings. The van der Waals surface area contributed by atoms with Gasteiger partial charge in [0.05, 0.1) is 5.69 Å². The maximum atomic E-state index is 9.71. The van der Waals surface area contributed by atoms with Crippen molar-refractivity contribution in [1.82, 2.24) is 0 Å². The number of aryl methyl sites for hydroxylation is 1. The van der Waals surface area contributed by atoms with Gasteiger partial charge in [-0.3, -0.25) is 0 Å². The molecule has 0 aromatic heterocycles. The summed E-state index contributed by atoms with van der Waals surface area (Å²) in [6.07, 6.45) is 4.94. The van der Waals surface area contributed by atoms with Crippen LogP contribution in [0.2, 0.25) is 0 Å². The number of phenols is 1. The van der Waals surface area contributed by atoms with E-state index in [-0.39, 0.29) is 5.75 Å². The molecule has 0 bridgehead atoms. The van der Waals surface area contributed by atoms with Crippen LogP contribution in [0.5, 0.6) is 5.75 Å². The maximum Gasteiger partial charge on any atom is 0.139 e. The predicted octanol–water partition coefficient (Wildman–Crippen LogP) is 4.87. The van der Waals surface area contributed by atoms with E-state index in [2.05, 4.69) is 36.5 Å². The van der Waals surface area contributed by atoms with Crippen LogP contribution in [0.1, 0.15) is 31.7 Å². The van der Waals surface area contributed by atoms with Gasteiger partial charge in [-0.05, 0) is 42.7 Å². The summed E-state index contributed by atoms with van der Waals surface area (Å²) in [5.74, 6) is 0.273. The second-order valence-corrected chi connectivity index (χ2v) is 4.80. The minimum absolute atomic E-state index is 0.273. The Labute approximate surface area is 115 Å². The Hall–Kier alpha value is -1.96. The fraction of sp³-hybridized carbons (Fsp3) is 0.294. The molecule has 0 saturated carbocycles. The molecule has 2 aromatic rings. The molecule has 2 nitrogen and oxygen atoms in total. The van der Waals surface area contributed by atoms with E-state index >= 15 is 0 Å². The van der Waals surface area contributed by atoms with Gasteiger partial charge < -0.3 is 10.4 Å². The molecule has 0 aliphatic heterocycles. The van der Waals surface area contributed by atoms with Gasteiger partial charge in [0.25, 0.3) is 0 Å². The third-order valence-corrected chi connectivity index (χ3v) is 3.21. The zero-order valence-corrected chi connectivity index (χ0v) is 11.4. The number of unbranched alkanes of at least 4 members (excludes halogenated alkanes) is 2. The van der Waals surface area contributed by atoms with Crippen molar-refractivity contribution in [3.63, 3.8) is 0 Å². The molecule has 0 saturated heterocycles. The average molecular weight is 255 g/mol. The van der Waals surface area contributed by atoms with Gasteiger partial charge in [-0.15, -0.1) is 0 Å². The first kappa shape index (κ1) is 13.5. The summed E-state index contributed by atoms with van der Waals surface area (Å²) in [5.41, 5.74) is 3.11. The largest absolute Gasteiger partial charge is 0.506 e. The molecular formula is C17H21NO. The summed E-state index contributed by atoms with van der Waals surface area (Å²) in [6.45, 7) is 2.22. The fourth-order valence-corrected chi connectivity index (χ4v) is 2.07. The summed E-state index contributed by atoms with van der Waals surface area (Å²) in [4.78, 5) is 0. The third-order valence-electron chi connectivity index (χ3n) is 3.21. The molecule has 0 unspecified atom stereocenters. The van der Waals surface area contributed by atoms with Crippen LogP contribution in [0.15, 0.2) is 48.5 Å². The molecule has 0 amide bonds. The number of benzene rings is 2. The molecule has 2 aromatic carbocycles. The van der Waals surface area contributed by atoms with Gasteiger partial charge in [0.15, 0.2) is 0 Å². The first-order valence-electron chi connectivity index (χ1n) is 6.93. The highest BCUT2D eigenvalue weighted by atomic mass is 16.3. The van der Waals surface area contributed by atoms with Gasteiger partial charge >= 0.3 is 0 Å². The number of anilines is 2. The Morgan fingerprint density at radius 1 is 0.947 bits per heavy atom. The number of hydrogen-bond acceptors (Lipinski definition) is 2. The van der Waals surface area contributed by atoms with Gasteiger partial charge in [0.1, 0.15) is 5.75 Å². The Bertz CT molecular complexity index is 505. The van der Waals surface area contributed by atoms with Gasteiger partial charge in [-0.2, -0.15) is 0 Å². The van der Waals surface area contributed by atoms with Crippen molar-refractivity contribution in [2.75, 3.05) is 5.32 Å². The van der Waals surface area contributed by atoms with Crippen LogP contribution in [0.25, 0.3) is 0 Å². The van der Waals surface area contributed by atoms with Crippen molar-refractivity contribution in [3.05, 3.63) is 54.1 Å². The van der Waals surface area contributed by atoms with Crippen molar-refractivity contribution >= 4 is 11.4 Å². The van der Waals surface area contributed by atoms with Gasteiger partial charge in [0.2, 0.25) is 0 Å². The zero-order chi connectivity index (χ0) is 13.5. The van der Waals surface area contributed by atoms with Gasteiger partial charge in [-0.1, -0.05) is 44.0 Å². The van der Waals surface area contributed by atoms with Gasteiger partial charge in [-0.25, -0.2) is 0 Å². The molecule has 100 valence electrons. The molecule has 0 heterocycles. The Balaban J connectivity index is 1.97. The summed E-state index contributed by atoms with van der Waals surface area (Å²) < 4.78 is 0. The van der Waals surface area contributed by atoms with Crippen LogP contribution in [0.3, 0.4) is 0 Å². The first-order valence-corrected chi connectivity index (χ1v) is 6.93. The fourth-order valence-electron chi connectivity index (χ4n) is 2.07. The molecule has 0 atom stereocenters. The van der Waals surface area contributed by atoms with E-state index in [4.69, 9.17) is 0 Å². The lowest BCUT2D eigenvalue weighted by Crippen LogP contribution is -1.91. The second-order valence-electron chi connectivity index (χ2n) is 4.80. The SMILES string of the molecule is CCCCCc1ccc(Nc2ccccc2O)cc1. The molecular weight excluding hydrogens is 234 g/mol.